The van der Waals surface area contributed by atoms with E-state index in [1.165, 1.54) is 25.7 Å². The van der Waals surface area contributed by atoms with Crippen LogP contribution in [-0.4, -0.2) is 23.1 Å². The van der Waals surface area contributed by atoms with E-state index < -0.39 is 0 Å². The van der Waals surface area contributed by atoms with Crippen molar-refractivity contribution in [2.24, 2.45) is 11.8 Å². The predicted molar refractivity (Wildman–Crippen MR) is 67.4 cm³/mol. The lowest BCUT2D eigenvalue weighted by atomic mass is 10.3. The Bertz CT molecular complexity index is 343. The van der Waals surface area contributed by atoms with Crippen molar-refractivity contribution in [2.45, 2.75) is 25.7 Å². The van der Waals surface area contributed by atoms with Crippen LogP contribution in [0.25, 0.3) is 0 Å². The molecule has 2 fully saturated rings. The van der Waals surface area contributed by atoms with Crippen LogP contribution >= 0.6 is 15.9 Å². The molecule has 3 rings (SSSR count). The average Bonchev–Trinajstić information content (AvgIpc) is 3.12. The molecule has 3 nitrogen and oxygen atoms in total. The zero-order valence-corrected chi connectivity index (χ0v) is 10.9. The van der Waals surface area contributed by atoms with E-state index >= 15 is 0 Å². The van der Waals surface area contributed by atoms with Crippen molar-refractivity contribution in [3.63, 3.8) is 0 Å². The highest BCUT2D eigenvalue weighted by molar-refractivity contribution is 9.10. The van der Waals surface area contributed by atoms with E-state index in [0.29, 0.717) is 0 Å². The van der Waals surface area contributed by atoms with Gasteiger partial charge >= 0.3 is 0 Å². The molecule has 0 bridgehead atoms. The zero-order chi connectivity index (χ0) is 11.0. The van der Waals surface area contributed by atoms with Crippen LogP contribution in [0.5, 0.6) is 0 Å². The summed E-state index contributed by atoms with van der Waals surface area (Å²) in [5.74, 6) is 2.69. The van der Waals surface area contributed by atoms with E-state index in [-0.39, 0.29) is 0 Å². The summed E-state index contributed by atoms with van der Waals surface area (Å²) in [5, 5.41) is 0. The van der Waals surface area contributed by atoms with Crippen LogP contribution in [0.4, 0.5) is 5.95 Å². The van der Waals surface area contributed by atoms with Gasteiger partial charge in [-0.3, -0.25) is 0 Å². The molecule has 0 aromatic carbocycles. The fourth-order valence-electron chi connectivity index (χ4n) is 1.93. The van der Waals surface area contributed by atoms with Gasteiger partial charge < -0.3 is 4.90 Å². The maximum absolute atomic E-state index is 4.41. The molecule has 86 valence electrons. The molecule has 4 heteroatoms. The standard InChI is InChI=1S/C12H16BrN3/c13-11-5-14-12(15-6-11)16(7-9-1-2-9)8-10-3-4-10/h5-6,9-10H,1-4,7-8H2. The van der Waals surface area contributed by atoms with Crippen LogP contribution in [0.1, 0.15) is 25.7 Å². The summed E-state index contributed by atoms with van der Waals surface area (Å²) in [4.78, 5) is 11.2. The van der Waals surface area contributed by atoms with Gasteiger partial charge in [-0.2, -0.15) is 0 Å². The van der Waals surface area contributed by atoms with Crippen molar-refractivity contribution < 1.29 is 0 Å². The second kappa shape index (κ2) is 4.32. The first kappa shape index (κ1) is 10.5. The molecule has 0 saturated heterocycles. The van der Waals surface area contributed by atoms with E-state index in [9.17, 15) is 0 Å². The minimum absolute atomic E-state index is 0.894. The SMILES string of the molecule is Brc1cnc(N(CC2CC2)CC2CC2)nc1. The van der Waals surface area contributed by atoms with E-state index in [4.69, 9.17) is 0 Å². The Morgan fingerprint density at radius 2 is 1.56 bits per heavy atom. The summed E-state index contributed by atoms with van der Waals surface area (Å²) in [6, 6.07) is 0. The molecule has 2 aliphatic rings. The number of hydrogen-bond acceptors (Lipinski definition) is 3. The molecule has 0 N–H and O–H groups in total. The average molecular weight is 282 g/mol. The predicted octanol–water partition coefficient (Wildman–Crippen LogP) is 2.87. The molecular formula is C12H16BrN3. The highest BCUT2D eigenvalue weighted by Crippen LogP contribution is 2.34. The Labute approximate surface area is 104 Å². The van der Waals surface area contributed by atoms with Crippen LogP contribution in [-0.2, 0) is 0 Å². The first-order valence-electron chi connectivity index (χ1n) is 6.04. The lowest BCUT2D eigenvalue weighted by Gasteiger charge is -2.22. The Balaban J connectivity index is 1.71. The molecule has 0 amide bonds. The lowest BCUT2D eigenvalue weighted by Crippen LogP contribution is -2.29. The second-order valence-corrected chi connectivity index (χ2v) is 5.91. The fourth-order valence-corrected chi connectivity index (χ4v) is 2.14. The third-order valence-electron chi connectivity index (χ3n) is 3.24. The van der Waals surface area contributed by atoms with Crippen LogP contribution in [0.15, 0.2) is 16.9 Å². The Hall–Kier alpha value is -0.640. The molecule has 0 spiro atoms. The molecule has 2 aliphatic carbocycles. The van der Waals surface area contributed by atoms with E-state index in [0.717, 1.165) is 35.3 Å². The van der Waals surface area contributed by atoms with Crippen molar-refractivity contribution in [1.82, 2.24) is 9.97 Å². The maximum Gasteiger partial charge on any atom is 0.225 e. The number of rotatable bonds is 5. The van der Waals surface area contributed by atoms with Gasteiger partial charge in [0.05, 0.1) is 4.47 Å². The third kappa shape index (κ3) is 2.73. The van der Waals surface area contributed by atoms with Crippen LogP contribution < -0.4 is 4.90 Å². The zero-order valence-electron chi connectivity index (χ0n) is 9.27. The summed E-state index contributed by atoms with van der Waals surface area (Å²) >= 11 is 3.38. The highest BCUT2D eigenvalue weighted by Gasteiger charge is 2.30. The lowest BCUT2D eigenvalue weighted by molar-refractivity contribution is 0.661. The summed E-state index contributed by atoms with van der Waals surface area (Å²) in [5.41, 5.74) is 0. The van der Waals surface area contributed by atoms with Crippen molar-refractivity contribution in [3.05, 3.63) is 16.9 Å². The minimum Gasteiger partial charge on any atom is -0.340 e. The van der Waals surface area contributed by atoms with Gasteiger partial charge in [-0.25, -0.2) is 9.97 Å². The monoisotopic (exact) mass is 281 g/mol. The largest absolute Gasteiger partial charge is 0.340 e. The quantitative estimate of drug-likeness (QED) is 0.831. The topological polar surface area (TPSA) is 29.0 Å². The summed E-state index contributed by atoms with van der Waals surface area (Å²) in [6.07, 6.45) is 9.23. The van der Waals surface area contributed by atoms with Gasteiger partial charge in [-0.1, -0.05) is 0 Å². The van der Waals surface area contributed by atoms with Gasteiger partial charge in [-0.05, 0) is 53.4 Å². The summed E-state index contributed by atoms with van der Waals surface area (Å²) in [7, 11) is 0. The van der Waals surface area contributed by atoms with Gasteiger partial charge in [0.25, 0.3) is 0 Å². The highest BCUT2D eigenvalue weighted by atomic mass is 79.9. The molecule has 16 heavy (non-hydrogen) atoms. The first-order valence-corrected chi connectivity index (χ1v) is 6.83. The molecule has 0 atom stereocenters. The number of aromatic nitrogens is 2. The van der Waals surface area contributed by atoms with E-state index in [1.807, 2.05) is 12.4 Å². The smallest absolute Gasteiger partial charge is 0.225 e. The van der Waals surface area contributed by atoms with Crippen LogP contribution in [0.2, 0.25) is 0 Å². The minimum atomic E-state index is 0.894. The van der Waals surface area contributed by atoms with Crippen molar-refractivity contribution in [3.8, 4) is 0 Å². The Morgan fingerprint density at radius 1 is 1.06 bits per heavy atom. The first-order chi connectivity index (χ1) is 7.81. The molecule has 1 aromatic rings. The molecule has 0 aliphatic heterocycles. The summed E-state index contributed by atoms with van der Waals surface area (Å²) < 4.78 is 0.953. The van der Waals surface area contributed by atoms with Crippen LogP contribution in [0, 0.1) is 11.8 Å². The fraction of sp³-hybridized carbons (Fsp3) is 0.667. The van der Waals surface area contributed by atoms with Gasteiger partial charge in [-0.15, -0.1) is 0 Å². The molecular weight excluding hydrogens is 266 g/mol. The molecule has 0 radical (unpaired) electrons. The van der Waals surface area contributed by atoms with Gasteiger partial charge in [0.15, 0.2) is 0 Å². The number of nitrogens with zero attached hydrogens (tertiary/aromatic N) is 3. The Kier molecular flexibility index (Phi) is 2.84. The molecule has 0 unspecified atom stereocenters. The van der Waals surface area contributed by atoms with Crippen molar-refractivity contribution in [2.75, 3.05) is 18.0 Å². The van der Waals surface area contributed by atoms with Crippen molar-refractivity contribution in [1.29, 1.82) is 0 Å². The van der Waals surface area contributed by atoms with Gasteiger partial charge in [0, 0.05) is 25.5 Å². The maximum atomic E-state index is 4.41. The van der Waals surface area contributed by atoms with Gasteiger partial charge in [0.1, 0.15) is 0 Å². The van der Waals surface area contributed by atoms with E-state index in [1.54, 1.807) is 0 Å². The normalized spacial score (nSPS) is 19.8. The van der Waals surface area contributed by atoms with Crippen molar-refractivity contribution >= 4 is 21.9 Å². The second-order valence-electron chi connectivity index (χ2n) is 4.99. The van der Waals surface area contributed by atoms with Gasteiger partial charge in [0.2, 0.25) is 5.95 Å². The molecule has 1 aromatic heterocycles. The number of halogens is 1. The van der Waals surface area contributed by atoms with Crippen LogP contribution in [0.3, 0.4) is 0 Å². The number of hydrogen-bond donors (Lipinski definition) is 0. The third-order valence-corrected chi connectivity index (χ3v) is 3.65. The Morgan fingerprint density at radius 3 is 2.00 bits per heavy atom. The number of anilines is 1. The molecule has 2 saturated carbocycles. The molecule has 1 heterocycles. The summed E-state index contributed by atoms with van der Waals surface area (Å²) in [6.45, 7) is 2.30. The van der Waals surface area contributed by atoms with E-state index in [2.05, 4.69) is 30.8 Å².